The number of nitrogens with one attached hydrogen (secondary N) is 3. The molecule has 0 spiro atoms. The highest BCUT2D eigenvalue weighted by atomic mass is 35.5. The summed E-state index contributed by atoms with van der Waals surface area (Å²) in [5.41, 5.74) is 6.46. The van der Waals surface area contributed by atoms with Crippen molar-refractivity contribution in [2.24, 2.45) is 0 Å². The van der Waals surface area contributed by atoms with E-state index in [-0.39, 0.29) is 5.69 Å². The second-order valence-electron chi connectivity index (χ2n) is 5.66. The molecule has 3 aromatic rings. The number of halogens is 1. The molecule has 0 saturated heterocycles. The quantitative estimate of drug-likeness (QED) is 0.571. The van der Waals surface area contributed by atoms with E-state index in [1.807, 2.05) is 6.07 Å². The second kappa shape index (κ2) is 8.45. The van der Waals surface area contributed by atoms with Crippen LogP contribution in [0.3, 0.4) is 0 Å². The molecule has 0 saturated carbocycles. The summed E-state index contributed by atoms with van der Waals surface area (Å²) in [6.07, 6.45) is 0. The molecule has 2 amide bonds. The Morgan fingerprint density at radius 2 is 1.71 bits per heavy atom. The van der Waals surface area contributed by atoms with Crippen molar-refractivity contribution >= 4 is 23.4 Å². The van der Waals surface area contributed by atoms with Gasteiger partial charge in [0, 0.05) is 16.1 Å². The fourth-order valence-electron chi connectivity index (χ4n) is 2.46. The molecule has 9 heteroatoms. The monoisotopic (exact) mass is 400 g/mol. The third-order valence-electron chi connectivity index (χ3n) is 3.88. The second-order valence-corrected chi connectivity index (χ2v) is 6.09. The van der Waals surface area contributed by atoms with E-state index in [0.29, 0.717) is 27.8 Å². The summed E-state index contributed by atoms with van der Waals surface area (Å²) in [6, 6.07) is 13.3. The van der Waals surface area contributed by atoms with Crippen LogP contribution in [0.2, 0.25) is 5.02 Å². The predicted octanol–water partition coefficient (Wildman–Crippen LogP) is 2.82. The average molecular weight is 401 g/mol. The molecule has 0 atom stereocenters. The van der Waals surface area contributed by atoms with Crippen molar-refractivity contribution in [2.75, 3.05) is 14.2 Å². The zero-order chi connectivity index (χ0) is 20.1. The lowest BCUT2D eigenvalue weighted by molar-refractivity contribution is 0.0843. The van der Waals surface area contributed by atoms with Gasteiger partial charge in [0.25, 0.3) is 11.8 Å². The van der Waals surface area contributed by atoms with Gasteiger partial charge in [-0.1, -0.05) is 23.7 Å². The SMILES string of the molecule is COc1ccc(C(=O)NNC(=O)c2cc(-c3cccc(Cl)c3)n[nH]2)cc1OC. The summed E-state index contributed by atoms with van der Waals surface area (Å²) in [6.45, 7) is 0. The summed E-state index contributed by atoms with van der Waals surface area (Å²) in [5, 5.41) is 7.28. The van der Waals surface area contributed by atoms with Crippen LogP contribution in [0.15, 0.2) is 48.5 Å². The van der Waals surface area contributed by atoms with Gasteiger partial charge in [-0.15, -0.1) is 0 Å². The first-order chi connectivity index (χ1) is 13.5. The lowest BCUT2D eigenvalue weighted by Gasteiger charge is -2.10. The molecule has 3 rings (SSSR count). The molecule has 28 heavy (non-hydrogen) atoms. The van der Waals surface area contributed by atoms with Gasteiger partial charge in [0.05, 0.1) is 19.9 Å². The van der Waals surface area contributed by atoms with Gasteiger partial charge < -0.3 is 9.47 Å². The van der Waals surface area contributed by atoms with Crippen molar-refractivity contribution in [1.82, 2.24) is 21.0 Å². The molecule has 1 aromatic heterocycles. The van der Waals surface area contributed by atoms with Crippen molar-refractivity contribution in [3.63, 3.8) is 0 Å². The minimum Gasteiger partial charge on any atom is -0.493 e. The first-order valence-corrected chi connectivity index (χ1v) is 8.53. The number of amides is 2. The fraction of sp³-hybridized carbons (Fsp3) is 0.105. The molecular formula is C19H17ClN4O4. The maximum atomic E-state index is 12.2. The maximum Gasteiger partial charge on any atom is 0.287 e. The van der Waals surface area contributed by atoms with Gasteiger partial charge in [-0.3, -0.25) is 25.5 Å². The number of carbonyl (C=O) groups excluding carboxylic acids is 2. The highest BCUT2D eigenvalue weighted by Gasteiger charge is 2.14. The predicted molar refractivity (Wildman–Crippen MR) is 104 cm³/mol. The number of aromatic amines is 1. The number of nitrogens with zero attached hydrogens (tertiary/aromatic N) is 1. The van der Waals surface area contributed by atoms with E-state index in [1.165, 1.54) is 20.3 Å². The van der Waals surface area contributed by atoms with Crippen molar-refractivity contribution in [3.05, 3.63) is 64.8 Å². The van der Waals surface area contributed by atoms with Gasteiger partial charge in [0.1, 0.15) is 5.69 Å². The van der Waals surface area contributed by atoms with E-state index in [1.54, 1.807) is 36.4 Å². The molecule has 2 aromatic carbocycles. The van der Waals surface area contributed by atoms with Gasteiger partial charge in [-0.2, -0.15) is 5.10 Å². The molecule has 0 fully saturated rings. The van der Waals surface area contributed by atoms with Gasteiger partial charge in [-0.05, 0) is 36.4 Å². The van der Waals surface area contributed by atoms with Crippen molar-refractivity contribution < 1.29 is 19.1 Å². The van der Waals surface area contributed by atoms with E-state index in [9.17, 15) is 9.59 Å². The van der Waals surface area contributed by atoms with Crippen molar-refractivity contribution in [2.45, 2.75) is 0 Å². The standard InChI is InChI=1S/C19H17ClN4O4/c1-27-16-7-6-12(9-17(16)28-2)18(25)23-24-19(26)15-10-14(21-22-15)11-4-3-5-13(20)8-11/h3-10H,1-2H3,(H,21,22)(H,23,25)(H,24,26). The smallest absolute Gasteiger partial charge is 0.287 e. The van der Waals surface area contributed by atoms with E-state index in [0.717, 1.165) is 5.56 Å². The first kappa shape index (κ1) is 19.2. The highest BCUT2D eigenvalue weighted by Crippen LogP contribution is 2.27. The Kier molecular flexibility index (Phi) is 5.81. The number of hydrazine groups is 1. The van der Waals surface area contributed by atoms with Crippen LogP contribution < -0.4 is 20.3 Å². The molecule has 8 nitrogen and oxygen atoms in total. The summed E-state index contributed by atoms with van der Waals surface area (Å²) >= 11 is 5.97. The number of aromatic nitrogens is 2. The summed E-state index contributed by atoms with van der Waals surface area (Å²) in [4.78, 5) is 24.5. The minimum atomic E-state index is -0.547. The zero-order valence-electron chi connectivity index (χ0n) is 15.1. The summed E-state index contributed by atoms with van der Waals surface area (Å²) < 4.78 is 10.3. The number of methoxy groups -OCH3 is 2. The number of hydrogen-bond acceptors (Lipinski definition) is 5. The highest BCUT2D eigenvalue weighted by molar-refractivity contribution is 6.30. The lowest BCUT2D eigenvalue weighted by Crippen LogP contribution is -2.41. The van der Waals surface area contributed by atoms with Gasteiger partial charge in [0.15, 0.2) is 11.5 Å². The van der Waals surface area contributed by atoms with Crippen LogP contribution >= 0.6 is 11.6 Å². The zero-order valence-corrected chi connectivity index (χ0v) is 15.8. The molecule has 3 N–H and O–H groups in total. The maximum absolute atomic E-state index is 12.2. The molecule has 0 aliphatic carbocycles. The van der Waals surface area contributed by atoms with Crippen LogP contribution in [0.25, 0.3) is 11.3 Å². The van der Waals surface area contributed by atoms with Crippen LogP contribution in [-0.2, 0) is 0 Å². The molecule has 144 valence electrons. The molecule has 0 radical (unpaired) electrons. The Bertz CT molecular complexity index is 1020. The molecular weight excluding hydrogens is 384 g/mol. The van der Waals surface area contributed by atoms with Crippen LogP contribution in [0.5, 0.6) is 11.5 Å². The van der Waals surface area contributed by atoms with Crippen molar-refractivity contribution in [3.8, 4) is 22.8 Å². The Hall–Kier alpha value is -3.52. The van der Waals surface area contributed by atoms with Crippen LogP contribution in [0, 0.1) is 0 Å². The Labute approximate surface area is 165 Å². The van der Waals surface area contributed by atoms with E-state index in [4.69, 9.17) is 21.1 Å². The van der Waals surface area contributed by atoms with Crippen LogP contribution in [0.4, 0.5) is 0 Å². The third-order valence-corrected chi connectivity index (χ3v) is 4.11. The Morgan fingerprint density at radius 1 is 0.964 bits per heavy atom. The molecule has 1 heterocycles. The Balaban J connectivity index is 1.65. The van der Waals surface area contributed by atoms with E-state index < -0.39 is 11.8 Å². The molecule has 0 aliphatic heterocycles. The van der Waals surface area contributed by atoms with Gasteiger partial charge >= 0.3 is 0 Å². The summed E-state index contributed by atoms with van der Waals surface area (Å²) in [7, 11) is 2.97. The topological polar surface area (TPSA) is 105 Å². The number of hydrogen-bond donors (Lipinski definition) is 3. The number of rotatable bonds is 5. The van der Waals surface area contributed by atoms with Crippen LogP contribution in [0.1, 0.15) is 20.8 Å². The summed E-state index contributed by atoms with van der Waals surface area (Å²) in [5.74, 6) is -0.159. The fourth-order valence-corrected chi connectivity index (χ4v) is 2.65. The van der Waals surface area contributed by atoms with E-state index in [2.05, 4.69) is 21.0 Å². The van der Waals surface area contributed by atoms with Crippen molar-refractivity contribution in [1.29, 1.82) is 0 Å². The molecule has 0 aliphatic rings. The average Bonchev–Trinajstić information content (AvgIpc) is 3.21. The van der Waals surface area contributed by atoms with Crippen LogP contribution in [-0.4, -0.2) is 36.2 Å². The largest absolute Gasteiger partial charge is 0.493 e. The molecule has 0 unspecified atom stereocenters. The van der Waals surface area contributed by atoms with E-state index >= 15 is 0 Å². The third kappa shape index (κ3) is 4.24. The number of carbonyl (C=O) groups is 2. The lowest BCUT2D eigenvalue weighted by atomic mass is 10.1. The number of H-pyrrole nitrogens is 1. The van der Waals surface area contributed by atoms with Gasteiger partial charge in [0.2, 0.25) is 0 Å². The normalized spacial score (nSPS) is 10.2. The Morgan fingerprint density at radius 3 is 2.43 bits per heavy atom. The number of benzene rings is 2. The number of ether oxygens (including phenoxy) is 2. The minimum absolute atomic E-state index is 0.183. The molecule has 0 bridgehead atoms. The van der Waals surface area contributed by atoms with Gasteiger partial charge in [-0.25, -0.2) is 0 Å². The first-order valence-electron chi connectivity index (χ1n) is 8.16.